The summed E-state index contributed by atoms with van der Waals surface area (Å²) in [6.45, 7) is 10.1. The molecule has 3 heteroatoms. The minimum Gasteiger partial charge on any atom is -0.272 e. The van der Waals surface area contributed by atoms with Gasteiger partial charge in [0, 0.05) is 5.92 Å². The Balaban J connectivity index is 2.52. The maximum atomic E-state index is 12.0. The van der Waals surface area contributed by atoms with Crippen LogP contribution in [0.5, 0.6) is 0 Å². The molecule has 0 spiro atoms. The highest BCUT2D eigenvalue weighted by Gasteiger charge is 2.37. The van der Waals surface area contributed by atoms with Gasteiger partial charge in [0.2, 0.25) is 5.91 Å². The summed E-state index contributed by atoms with van der Waals surface area (Å²) >= 11 is 0. The van der Waals surface area contributed by atoms with E-state index in [-0.39, 0.29) is 22.8 Å². The first-order valence-electron chi connectivity index (χ1n) is 6.20. The maximum Gasteiger partial charge on any atom is 0.247 e. The summed E-state index contributed by atoms with van der Waals surface area (Å²) in [4.78, 5) is 17.4. The highest BCUT2D eigenvalue weighted by molar-refractivity contribution is 5.78. The lowest BCUT2D eigenvalue weighted by Crippen LogP contribution is -2.43. The zero-order chi connectivity index (χ0) is 12.4. The summed E-state index contributed by atoms with van der Waals surface area (Å²) in [5, 5.41) is 0. The Morgan fingerprint density at radius 1 is 1.31 bits per heavy atom. The summed E-state index contributed by atoms with van der Waals surface area (Å²) in [5.41, 5.74) is 2.38. The number of carbonyl (C=O) groups is 1. The third-order valence-electron chi connectivity index (χ3n) is 3.28. The highest BCUT2D eigenvalue weighted by Crippen LogP contribution is 2.40. The van der Waals surface area contributed by atoms with E-state index >= 15 is 0 Å². The molecule has 0 heterocycles. The van der Waals surface area contributed by atoms with Gasteiger partial charge in [-0.15, -0.1) is 0 Å². The van der Waals surface area contributed by atoms with Gasteiger partial charge < -0.3 is 0 Å². The van der Waals surface area contributed by atoms with Crippen molar-refractivity contribution in [1.82, 2.24) is 5.48 Å². The molecule has 0 aliphatic heterocycles. The predicted molar refractivity (Wildman–Crippen MR) is 64.7 cm³/mol. The fraction of sp³-hybridized carbons (Fsp3) is 0.923. The topological polar surface area (TPSA) is 38.3 Å². The van der Waals surface area contributed by atoms with Crippen molar-refractivity contribution in [2.45, 2.75) is 65.9 Å². The van der Waals surface area contributed by atoms with Crippen molar-refractivity contribution >= 4 is 5.91 Å². The van der Waals surface area contributed by atoms with E-state index in [1.807, 2.05) is 20.8 Å². The third-order valence-corrected chi connectivity index (χ3v) is 3.28. The van der Waals surface area contributed by atoms with Crippen LogP contribution in [0.3, 0.4) is 0 Å². The van der Waals surface area contributed by atoms with Gasteiger partial charge in [-0.05, 0) is 39.0 Å². The van der Waals surface area contributed by atoms with Crippen LogP contribution in [0.25, 0.3) is 0 Å². The molecule has 1 amide bonds. The Labute approximate surface area is 98.9 Å². The van der Waals surface area contributed by atoms with E-state index in [2.05, 4.69) is 19.3 Å². The van der Waals surface area contributed by atoms with Crippen molar-refractivity contribution in [1.29, 1.82) is 0 Å². The van der Waals surface area contributed by atoms with Crippen LogP contribution in [0.1, 0.15) is 60.3 Å². The molecule has 0 aromatic carbocycles. The number of hydrogen-bond donors (Lipinski definition) is 1. The van der Waals surface area contributed by atoms with E-state index in [1.54, 1.807) is 0 Å². The zero-order valence-corrected chi connectivity index (χ0v) is 11.2. The van der Waals surface area contributed by atoms with Gasteiger partial charge >= 0.3 is 0 Å². The second-order valence-corrected chi connectivity index (χ2v) is 6.47. The van der Waals surface area contributed by atoms with Gasteiger partial charge in [-0.3, -0.25) is 9.63 Å². The van der Waals surface area contributed by atoms with Crippen molar-refractivity contribution in [3.63, 3.8) is 0 Å². The molecule has 16 heavy (non-hydrogen) atoms. The Morgan fingerprint density at radius 2 is 1.94 bits per heavy atom. The zero-order valence-electron chi connectivity index (χ0n) is 11.2. The van der Waals surface area contributed by atoms with Crippen molar-refractivity contribution in [2.24, 2.45) is 11.3 Å². The van der Waals surface area contributed by atoms with Crippen LogP contribution in [0.15, 0.2) is 0 Å². The molecule has 1 atom stereocenters. The molecular weight excluding hydrogens is 202 g/mol. The van der Waals surface area contributed by atoms with Gasteiger partial charge in [0.15, 0.2) is 0 Å². The smallest absolute Gasteiger partial charge is 0.247 e. The van der Waals surface area contributed by atoms with Crippen molar-refractivity contribution in [3.05, 3.63) is 0 Å². The number of amides is 1. The maximum absolute atomic E-state index is 12.0. The molecule has 1 aliphatic carbocycles. The molecule has 1 aliphatic rings. The first-order chi connectivity index (χ1) is 7.22. The van der Waals surface area contributed by atoms with Crippen LogP contribution in [0.4, 0.5) is 0 Å². The lowest BCUT2D eigenvalue weighted by molar-refractivity contribution is -0.154. The van der Waals surface area contributed by atoms with Gasteiger partial charge in [0.1, 0.15) is 0 Å². The highest BCUT2D eigenvalue weighted by atomic mass is 16.7. The second kappa shape index (κ2) is 4.74. The summed E-state index contributed by atoms with van der Waals surface area (Å²) < 4.78 is 0. The molecule has 1 N–H and O–H groups in total. The molecule has 1 fully saturated rings. The summed E-state index contributed by atoms with van der Waals surface area (Å²) in [6, 6.07) is 0. The van der Waals surface area contributed by atoms with Gasteiger partial charge in [0.25, 0.3) is 0 Å². The average Bonchev–Trinajstić information content (AvgIpc) is 2.12. The quantitative estimate of drug-likeness (QED) is 0.736. The minimum atomic E-state index is -0.325. The van der Waals surface area contributed by atoms with E-state index < -0.39 is 0 Å². The first kappa shape index (κ1) is 13.5. The van der Waals surface area contributed by atoms with Crippen molar-refractivity contribution in [2.75, 3.05) is 0 Å². The van der Waals surface area contributed by atoms with Gasteiger partial charge in [0.05, 0.1) is 5.60 Å². The minimum absolute atomic E-state index is 0.0413. The number of hydroxylamine groups is 1. The fourth-order valence-electron chi connectivity index (χ4n) is 2.25. The molecule has 0 aromatic heterocycles. The molecule has 0 saturated heterocycles. The lowest BCUT2D eigenvalue weighted by atomic mass is 9.68. The summed E-state index contributed by atoms with van der Waals surface area (Å²) in [6.07, 6.45) is 4.49. The number of nitrogens with one attached hydrogen (secondary N) is 1. The molecule has 1 rings (SSSR count). The number of hydrogen-bond acceptors (Lipinski definition) is 2. The van der Waals surface area contributed by atoms with Gasteiger partial charge in [-0.25, -0.2) is 5.48 Å². The molecule has 0 radical (unpaired) electrons. The Hall–Kier alpha value is -0.570. The van der Waals surface area contributed by atoms with Crippen molar-refractivity contribution < 1.29 is 9.63 Å². The summed E-state index contributed by atoms with van der Waals surface area (Å²) in [5.74, 6) is 0.128. The molecule has 0 aromatic rings. The number of rotatable bonds is 2. The van der Waals surface area contributed by atoms with Crippen LogP contribution >= 0.6 is 0 Å². The third kappa shape index (κ3) is 3.78. The standard InChI is InChI=1S/C13H25NO2/c1-12(2,3)16-14-11(15)10-8-6-7-9-13(10,4)5/h10H,6-9H2,1-5H3,(H,14,15). The SMILES string of the molecule is CC(C)(C)ONC(=O)C1CCCCC1(C)C. The summed E-state index contributed by atoms with van der Waals surface area (Å²) in [7, 11) is 0. The van der Waals surface area contributed by atoms with E-state index in [4.69, 9.17) is 4.84 Å². The van der Waals surface area contributed by atoms with Crippen LogP contribution in [0.2, 0.25) is 0 Å². The molecule has 1 saturated carbocycles. The van der Waals surface area contributed by atoms with E-state index in [1.165, 1.54) is 6.42 Å². The van der Waals surface area contributed by atoms with Gasteiger partial charge in [-0.1, -0.05) is 26.7 Å². The van der Waals surface area contributed by atoms with Crippen molar-refractivity contribution in [3.8, 4) is 0 Å². The molecule has 0 bridgehead atoms. The first-order valence-corrected chi connectivity index (χ1v) is 6.20. The normalized spacial score (nSPS) is 25.2. The van der Waals surface area contributed by atoms with E-state index in [0.717, 1.165) is 19.3 Å². The largest absolute Gasteiger partial charge is 0.272 e. The van der Waals surface area contributed by atoms with Crippen LogP contribution in [-0.2, 0) is 9.63 Å². The Morgan fingerprint density at radius 3 is 2.44 bits per heavy atom. The molecule has 94 valence electrons. The lowest BCUT2D eigenvalue weighted by Gasteiger charge is -2.37. The number of carbonyl (C=O) groups excluding carboxylic acids is 1. The molecule has 1 unspecified atom stereocenters. The van der Waals surface area contributed by atoms with E-state index in [0.29, 0.717) is 0 Å². The van der Waals surface area contributed by atoms with E-state index in [9.17, 15) is 4.79 Å². The Bertz CT molecular complexity index is 253. The average molecular weight is 227 g/mol. The van der Waals surface area contributed by atoms with Crippen LogP contribution < -0.4 is 5.48 Å². The fourth-order valence-corrected chi connectivity index (χ4v) is 2.25. The monoisotopic (exact) mass is 227 g/mol. The second-order valence-electron chi connectivity index (χ2n) is 6.47. The van der Waals surface area contributed by atoms with Crippen LogP contribution in [-0.4, -0.2) is 11.5 Å². The van der Waals surface area contributed by atoms with Crippen LogP contribution in [0, 0.1) is 11.3 Å². The van der Waals surface area contributed by atoms with Gasteiger partial charge in [-0.2, -0.15) is 0 Å². The molecular formula is C13H25NO2. The predicted octanol–water partition coefficient (Wildman–Crippen LogP) is 3.05. The molecule has 3 nitrogen and oxygen atoms in total. The Kier molecular flexibility index (Phi) is 4.00.